The maximum absolute atomic E-state index is 13.5. The molecule has 1 aromatic carbocycles. The van der Waals surface area contributed by atoms with E-state index in [0.717, 1.165) is 18.5 Å². The van der Waals surface area contributed by atoms with Gasteiger partial charge in [0.1, 0.15) is 11.6 Å². The van der Waals surface area contributed by atoms with Crippen LogP contribution in [0.1, 0.15) is 34.8 Å². The highest BCUT2D eigenvalue weighted by Gasteiger charge is 2.28. The number of carbonyl (C=O) groups is 1. The molecule has 120 valence electrons. The van der Waals surface area contributed by atoms with Crippen molar-refractivity contribution in [1.29, 1.82) is 0 Å². The average Bonchev–Trinajstić information content (AvgIpc) is 2.62. The molecule has 1 aliphatic rings. The van der Waals surface area contributed by atoms with Gasteiger partial charge < -0.3 is 9.64 Å². The molecule has 5 nitrogen and oxygen atoms in total. The zero-order chi connectivity index (χ0) is 16.2. The molecule has 0 N–H and O–H groups in total. The molecule has 1 aliphatic heterocycles. The minimum Gasteiger partial charge on any atom is -0.496 e. The maximum atomic E-state index is 13.5. The highest BCUT2D eigenvalue weighted by molar-refractivity contribution is 5.97. The number of piperidine rings is 1. The van der Waals surface area contributed by atoms with E-state index in [1.54, 1.807) is 23.5 Å². The molecule has 0 bridgehead atoms. The Morgan fingerprint density at radius 3 is 3.00 bits per heavy atom. The van der Waals surface area contributed by atoms with Gasteiger partial charge >= 0.3 is 0 Å². The van der Waals surface area contributed by atoms with Crippen LogP contribution in [0.4, 0.5) is 4.39 Å². The number of rotatable bonds is 3. The fourth-order valence-corrected chi connectivity index (χ4v) is 2.94. The topological polar surface area (TPSA) is 55.3 Å². The van der Waals surface area contributed by atoms with E-state index in [0.29, 0.717) is 18.8 Å². The molecule has 0 unspecified atom stereocenters. The SMILES string of the molecule is COc1ccc(F)cc1C(=O)N1CCC[C@@H](c2cnccn2)C1. The van der Waals surface area contributed by atoms with Crippen LogP contribution in [0.2, 0.25) is 0 Å². The van der Waals surface area contributed by atoms with Crippen molar-refractivity contribution < 1.29 is 13.9 Å². The number of carbonyl (C=O) groups excluding carboxylic acids is 1. The fraction of sp³-hybridized carbons (Fsp3) is 0.353. The molecule has 0 saturated carbocycles. The first-order valence-electron chi connectivity index (χ1n) is 7.57. The Morgan fingerprint density at radius 1 is 1.39 bits per heavy atom. The van der Waals surface area contributed by atoms with Crippen LogP contribution in [-0.4, -0.2) is 41.0 Å². The molecule has 2 heterocycles. The van der Waals surface area contributed by atoms with Gasteiger partial charge in [-0.2, -0.15) is 0 Å². The van der Waals surface area contributed by atoms with Crippen LogP contribution < -0.4 is 4.74 Å². The van der Waals surface area contributed by atoms with Crippen LogP contribution in [-0.2, 0) is 0 Å². The van der Waals surface area contributed by atoms with Crippen LogP contribution >= 0.6 is 0 Å². The molecule has 3 rings (SSSR count). The first-order valence-corrected chi connectivity index (χ1v) is 7.57. The number of methoxy groups -OCH3 is 1. The minimum atomic E-state index is -0.448. The fourth-order valence-electron chi connectivity index (χ4n) is 2.94. The molecule has 6 heteroatoms. The van der Waals surface area contributed by atoms with Crippen molar-refractivity contribution >= 4 is 5.91 Å². The molecular formula is C17H18FN3O2. The number of halogens is 1. The van der Waals surface area contributed by atoms with Crippen LogP contribution in [0, 0.1) is 5.82 Å². The van der Waals surface area contributed by atoms with Crippen LogP contribution in [0.5, 0.6) is 5.75 Å². The predicted molar refractivity (Wildman–Crippen MR) is 82.9 cm³/mol. The van der Waals surface area contributed by atoms with E-state index in [4.69, 9.17) is 4.74 Å². The van der Waals surface area contributed by atoms with Crippen molar-refractivity contribution in [3.05, 3.63) is 53.9 Å². The Labute approximate surface area is 134 Å². The van der Waals surface area contributed by atoms with Gasteiger partial charge in [0.15, 0.2) is 0 Å². The summed E-state index contributed by atoms with van der Waals surface area (Å²) in [5, 5.41) is 0. The smallest absolute Gasteiger partial charge is 0.257 e. The van der Waals surface area contributed by atoms with Crippen LogP contribution in [0.3, 0.4) is 0 Å². The summed E-state index contributed by atoms with van der Waals surface area (Å²) in [6.45, 7) is 1.20. The number of aromatic nitrogens is 2. The normalized spacial score (nSPS) is 17.8. The zero-order valence-corrected chi connectivity index (χ0v) is 12.9. The van der Waals surface area contributed by atoms with E-state index in [1.807, 2.05) is 0 Å². The van der Waals surface area contributed by atoms with E-state index in [1.165, 1.54) is 25.3 Å². The molecule has 0 spiro atoms. The van der Waals surface area contributed by atoms with Crippen molar-refractivity contribution in [2.75, 3.05) is 20.2 Å². The zero-order valence-electron chi connectivity index (χ0n) is 12.9. The summed E-state index contributed by atoms with van der Waals surface area (Å²) < 4.78 is 18.7. The third kappa shape index (κ3) is 3.31. The lowest BCUT2D eigenvalue weighted by molar-refractivity contribution is 0.0702. The summed E-state index contributed by atoms with van der Waals surface area (Å²) in [5.74, 6) is -0.120. The highest BCUT2D eigenvalue weighted by Crippen LogP contribution is 2.28. The van der Waals surface area contributed by atoms with Crippen LogP contribution in [0.15, 0.2) is 36.8 Å². The quantitative estimate of drug-likeness (QED) is 0.874. The Morgan fingerprint density at radius 2 is 2.26 bits per heavy atom. The van der Waals surface area contributed by atoms with E-state index >= 15 is 0 Å². The lowest BCUT2D eigenvalue weighted by atomic mass is 9.94. The van der Waals surface area contributed by atoms with Gasteiger partial charge in [0, 0.05) is 37.6 Å². The van der Waals surface area contributed by atoms with Crippen molar-refractivity contribution in [3.63, 3.8) is 0 Å². The van der Waals surface area contributed by atoms with E-state index in [-0.39, 0.29) is 17.4 Å². The summed E-state index contributed by atoms with van der Waals surface area (Å²) in [5.41, 5.74) is 1.14. The van der Waals surface area contributed by atoms with Gasteiger partial charge in [-0.3, -0.25) is 14.8 Å². The van der Waals surface area contributed by atoms with Gasteiger partial charge in [-0.05, 0) is 31.0 Å². The molecule has 1 aromatic heterocycles. The monoisotopic (exact) mass is 315 g/mol. The molecule has 2 aromatic rings. The van der Waals surface area contributed by atoms with Crippen molar-refractivity contribution in [2.45, 2.75) is 18.8 Å². The van der Waals surface area contributed by atoms with Crippen LogP contribution in [0.25, 0.3) is 0 Å². The summed E-state index contributed by atoms with van der Waals surface area (Å²) >= 11 is 0. The predicted octanol–water partition coefficient (Wildman–Crippen LogP) is 2.64. The Kier molecular flexibility index (Phi) is 4.50. The number of likely N-dealkylation sites (tertiary alicyclic amines) is 1. The average molecular weight is 315 g/mol. The first kappa shape index (κ1) is 15.4. The minimum absolute atomic E-state index is 0.154. The van der Waals surface area contributed by atoms with Gasteiger partial charge in [0.25, 0.3) is 5.91 Å². The Hall–Kier alpha value is -2.50. The Balaban J connectivity index is 1.81. The Bertz CT molecular complexity index is 693. The van der Waals surface area contributed by atoms with Crippen molar-refractivity contribution in [3.8, 4) is 5.75 Å². The largest absolute Gasteiger partial charge is 0.496 e. The molecule has 1 atom stereocenters. The lowest BCUT2D eigenvalue weighted by Gasteiger charge is -2.32. The van der Waals surface area contributed by atoms with Crippen molar-refractivity contribution in [2.24, 2.45) is 0 Å². The summed E-state index contributed by atoms with van der Waals surface area (Å²) in [4.78, 5) is 22.9. The first-order chi connectivity index (χ1) is 11.2. The van der Waals surface area contributed by atoms with Gasteiger partial charge in [-0.1, -0.05) is 0 Å². The third-order valence-electron chi connectivity index (χ3n) is 4.10. The van der Waals surface area contributed by atoms with Gasteiger partial charge in [-0.25, -0.2) is 4.39 Å². The number of hydrogen-bond acceptors (Lipinski definition) is 4. The lowest BCUT2D eigenvalue weighted by Crippen LogP contribution is -2.39. The summed E-state index contributed by atoms with van der Waals surface area (Å²) in [6, 6.07) is 3.99. The van der Waals surface area contributed by atoms with E-state index < -0.39 is 5.82 Å². The summed E-state index contributed by atoms with van der Waals surface area (Å²) in [6.07, 6.45) is 6.87. The summed E-state index contributed by atoms with van der Waals surface area (Å²) in [7, 11) is 1.47. The molecule has 1 saturated heterocycles. The molecule has 1 amide bonds. The number of benzene rings is 1. The standard InChI is InChI=1S/C17H18FN3O2/c1-23-16-5-4-13(18)9-14(16)17(22)21-8-2-3-12(11-21)15-10-19-6-7-20-15/h4-7,9-10,12H,2-3,8,11H2,1H3/t12-/m1/s1. The maximum Gasteiger partial charge on any atom is 0.257 e. The molecule has 0 aliphatic carbocycles. The number of hydrogen-bond donors (Lipinski definition) is 0. The third-order valence-corrected chi connectivity index (χ3v) is 4.10. The molecule has 0 radical (unpaired) electrons. The molecular weight excluding hydrogens is 297 g/mol. The number of ether oxygens (including phenoxy) is 1. The molecule has 23 heavy (non-hydrogen) atoms. The molecule has 1 fully saturated rings. The number of nitrogens with zero attached hydrogens (tertiary/aromatic N) is 3. The van der Waals surface area contributed by atoms with Gasteiger partial charge in [0.2, 0.25) is 0 Å². The van der Waals surface area contributed by atoms with Crippen molar-refractivity contribution in [1.82, 2.24) is 14.9 Å². The second-order valence-electron chi connectivity index (χ2n) is 5.57. The second kappa shape index (κ2) is 6.73. The highest BCUT2D eigenvalue weighted by atomic mass is 19.1. The van der Waals surface area contributed by atoms with Gasteiger partial charge in [-0.15, -0.1) is 0 Å². The second-order valence-corrected chi connectivity index (χ2v) is 5.57. The van der Waals surface area contributed by atoms with E-state index in [2.05, 4.69) is 9.97 Å². The number of amides is 1. The van der Waals surface area contributed by atoms with E-state index in [9.17, 15) is 9.18 Å². The van der Waals surface area contributed by atoms with Gasteiger partial charge in [0.05, 0.1) is 18.4 Å².